The molecule has 6 nitrogen and oxygen atoms in total. The van der Waals surface area contributed by atoms with Crippen molar-refractivity contribution in [3.05, 3.63) is 24.3 Å². The van der Waals surface area contributed by atoms with Gasteiger partial charge in [0.1, 0.15) is 0 Å². The normalized spacial score (nSPS) is 14.7. The van der Waals surface area contributed by atoms with Gasteiger partial charge < -0.3 is 20.4 Å². The van der Waals surface area contributed by atoms with Crippen LogP contribution in [0.15, 0.2) is 24.3 Å². The Hall–Kier alpha value is -2.08. The van der Waals surface area contributed by atoms with Crippen LogP contribution in [-0.2, 0) is 4.79 Å². The van der Waals surface area contributed by atoms with Crippen LogP contribution in [0.5, 0.6) is 0 Å². The Labute approximate surface area is 144 Å². The maximum absolute atomic E-state index is 11.9. The summed E-state index contributed by atoms with van der Waals surface area (Å²) in [5.74, 6) is -0.0279. The molecule has 2 N–H and O–H groups in total. The molecule has 3 amide bonds. The van der Waals surface area contributed by atoms with E-state index < -0.39 is 0 Å². The lowest BCUT2D eigenvalue weighted by molar-refractivity contribution is -0.116. The fourth-order valence-corrected chi connectivity index (χ4v) is 3.00. The molecule has 1 saturated carbocycles. The van der Waals surface area contributed by atoms with Crippen molar-refractivity contribution in [2.45, 2.75) is 38.6 Å². The highest BCUT2D eigenvalue weighted by Gasteiger charge is 2.18. The fourth-order valence-electron chi connectivity index (χ4n) is 3.00. The minimum atomic E-state index is -0.206. The van der Waals surface area contributed by atoms with E-state index in [1.807, 2.05) is 12.1 Å². The molecule has 0 spiro atoms. The molecule has 2 rings (SSSR count). The zero-order valence-electron chi connectivity index (χ0n) is 14.8. The predicted molar refractivity (Wildman–Crippen MR) is 97.4 cm³/mol. The van der Waals surface area contributed by atoms with Crippen LogP contribution in [0, 0.1) is 0 Å². The number of carbonyl (C=O) groups excluding carboxylic acids is 2. The van der Waals surface area contributed by atoms with E-state index in [0.29, 0.717) is 18.3 Å². The summed E-state index contributed by atoms with van der Waals surface area (Å²) in [6, 6.07) is 7.66. The molecule has 0 aliphatic heterocycles. The zero-order chi connectivity index (χ0) is 17.5. The van der Waals surface area contributed by atoms with E-state index in [4.69, 9.17) is 0 Å². The first kappa shape index (κ1) is 18.3. The first-order valence-electron chi connectivity index (χ1n) is 8.57. The summed E-state index contributed by atoms with van der Waals surface area (Å²) < 4.78 is 0. The number of rotatable bonds is 6. The number of urea groups is 1. The maximum atomic E-state index is 11.9. The molecule has 1 aliphatic carbocycles. The van der Waals surface area contributed by atoms with Gasteiger partial charge in [0.15, 0.2) is 0 Å². The van der Waals surface area contributed by atoms with Gasteiger partial charge in [0.2, 0.25) is 5.91 Å². The van der Waals surface area contributed by atoms with Crippen molar-refractivity contribution in [3.63, 3.8) is 0 Å². The molecule has 0 aromatic heterocycles. The van der Waals surface area contributed by atoms with E-state index in [-0.39, 0.29) is 11.9 Å². The van der Waals surface area contributed by atoms with Crippen LogP contribution < -0.4 is 15.5 Å². The van der Waals surface area contributed by atoms with E-state index in [9.17, 15) is 9.59 Å². The van der Waals surface area contributed by atoms with Gasteiger partial charge in [0.25, 0.3) is 0 Å². The second-order valence-electron chi connectivity index (χ2n) is 6.42. The van der Waals surface area contributed by atoms with Crippen LogP contribution in [0.3, 0.4) is 0 Å². The van der Waals surface area contributed by atoms with Crippen LogP contribution in [0.4, 0.5) is 16.2 Å². The highest BCUT2D eigenvalue weighted by atomic mass is 16.2. The van der Waals surface area contributed by atoms with Crippen molar-refractivity contribution in [3.8, 4) is 0 Å². The summed E-state index contributed by atoms with van der Waals surface area (Å²) in [5, 5.41) is 5.69. The average Bonchev–Trinajstić information content (AvgIpc) is 3.09. The van der Waals surface area contributed by atoms with Gasteiger partial charge in [-0.3, -0.25) is 4.79 Å². The number of carbonyl (C=O) groups is 2. The number of hydrogen-bond donors (Lipinski definition) is 2. The van der Waals surface area contributed by atoms with Gasteiger partial charge in [0, 0.05) is 44.5 Å². The number of likely N-dealkylation sites (N-methyl/N-ethyl adjacent to an activating group) is 1. The molecule has 0 radical (unpaired) electrons. The van der Waals surface area contributed by atoms with Crippen molar-refractivity contribution < 1.29 is 9.59 Å². The molecule has 0 heterocycles. The number of nitrogens with one attached hydrogen (secondary N) is 2. The Morgan fingerprint density at radius 1 is 1.12 bits per heavy atom. The average molecular weight is 332 g/mol. The summed E-state index contributed by atoms with van der Waals surface area (Å²) in [7, 11) is 3.85. The van der Waals surface area contributed by atoms with Crippen LogP contribution >= 0.6 is 0 Å². The third kappa shape index (κ3) is 5.23. The van der Waals surface area contributed by atoms with Gasteiger partial charge in [-0.2, -0.15) is 0 Å². The number of benzene rings is 1. The largest absolute Gasteiger partial charge is 0.337 e. The lowest BCUT2D eigenvalue weighted by atomic mass is 10.2. The molecule has 6 heteroatoms. The van der Waals surface area contributed by atoms with Crippen molar-refractivity contribution in [1.29, 1.82) is 0 Å². The number of hydrogen-bond acceptors (Lipinski definition) is 3. The van der Waals surface area contributed by atoms with Crippen molar-refractivity contribution in [1.82, 2.24) is 10.2 Å². The Bertz CT molecular complexity index is 553. The first-order valence-corrected chi connectivity index (χ1v) is 8.57. The topological polar surface area (TPSA) is 64.7 Å². The molecule has 1 aromatic carbocycles. The Balaban J connectivity index is 1.72. The van der Waals surface area contributed by atoms with E-state index >= 15 is 0 Å². The summed E-state index contributed by atoms with van der Waals surface area (Å²) in [6.07, 6.45) is 5.17. The van der Waals surface area contributed by atoms with E-state index in [1.54, 1.807) is 24.1 Å². The van der Waals surface area contributed by atoms with E-state index in [2.05, 4.69) is 22.6 Å². The molecule has 0 atom stereocenters. The lowest BCUT2D eigenvalue weighted by Gasteiger charge is -2.23. The van der Waals surface area contributed by atoms with E-state index in [1.165, 1.54) is 32.6 Å². The fraction of sp³-hybridized carbons (Fsp3) is 0.556. The standard InChI is InChI=1S/C18H28N4O2/c1-14(23)22(3)17-10-8-15(9-11-17)20-18(24)19-12-13-21(2)16-6-4-5-7-16/h8-11,16H,4-7,12-13H2,1-3H3,(H2,19,20,24). The Morgan fingerprint density at radius 3 is 2.33 bits per heavy atom. The van der Waals surface area contributed by atoms with Crippen molar-refractivity contribution >= 4 is 23.3 Å². The number of anilines is 2. The van der Waals surface area contributed by atoms with Gasteiger partial charge >= 0.3 is 6.03 Å². The van der Waals surface area contributed by atoms with Crippen molar-refractivity contribution in [2.75, 3.05) is 37.4 Å². The third-order valence-electron chi connectivity index (χ3n) is 4.68. The molecule has 1 aromatic rings. The second-order valence-corrected chi connectivity index (χ2v) is 6.42. The van der Waals surface area contributed by atoms with Crippen LogP contribution in [-0.4, -0.2) is 50.1 Å². The van der Waals surface area contributed by atoms with Crippen LogP contribution in [0.1, 0.15) is 32.6 Å². The highest BCUT2D eigenvalue weighted by Crippen LogP contribution is 2.21. The highest BCUT2D eigenvalue weighted by molar-refractivity contribution is 5.92. The minimum Gasteiger partial charge on any atom is -0.337 e. The smallest absolute Gasteiger partial charge is 0.319 e. The molecule has 0 bridgehead atoms. The van der Waals surface area contributed by atoms with Gasteiger partial charge in [-0.1, -0.05) is 12.8 Å². The molecule has 1 fully saturated rings. The van der Waals surface area contributed by atoms with Gasteiger partial charge in [-0.25, -0.2) is 4.79 Å². The van der Waals surface area contributed by atoms with Gasteiger partial charge in [0.05, 0.1) is 0 Å². The molecule has 0 saturated heterocycles. The van der Waals surface area contributed by atoms with Crippen LogP contribution in [0.25, 0.3) is 0 Å². The minimum absolute atomic E-state index is 0.0279. The summed E-state index contributed by atoms with van der Waals surface area (Å²) in [5.41, 5.74) is 1.50. The zero-order valence-corrected chi connectivity index (χ0v) is 14.8. The SMILES string of the molecule is CC(=O)N(C)c1ccc(NC(=O)NCCN(C)C2CCCC2)cc1. The Morgan fingerprint density at radius 2 is 1.75 bits per heavy atom. The Kier molecular flexibility index (Phi) is 6.61. The molecule has 1 aliphatic rings. The molecule has 0 unspecified atom stereocenters. The summed E-state index contributed by atoms with van der Waals surface area (Å²) >= 11 is 0. The van der Waals surface area contributed by atoms with Crippen LogP contribution in [0.2, 0.25) is 0 Å². The predicted octanol–water partition coefficient (Wildman–Crippen LogP) is 2.67. The lowest BCUT2D eigenvalue weighted by Crippen LogP contribution is -2.38. The van der Waals surface area contributed by atoms with E-state index in [0.717, 1.165) is 12.2 Å². The molecular formula is C18H28N4O2. The second kappa shape index (κ2) is 8.68. The monoisotopic (exact) mass is 332 g/mol. The molecule has 132 valence electrons. The van der Waals surface area contributed by atoms with Crippen molar-refractivity contribution in [2.24, 2.45) is 0 Å². The van der Waals surface area contributed by atoms with Gasteiger partial charge in [-0.15, -0.1) is 0 Å². The molecule has 24 heavy (non-hydrogen) atoms. The summed E-state index contributed by atoms with van der Waals surface area (Å²) in [6.45, 7) is 3.01. The maximum Gasteiger partial charge on any atom is 0.319 e. The third-order valence-corrected chi connectivity index (χ3v) is 4.68. The number of amides is 3. The molecular weight excluding hydrogens is 304 g/mol. The number of nitrogens with zero attached hydrogens (tertiary/aromatic N) is 2. The first-order chi connectivity index (χ1) is 11.5. The van der Waals surface area contributed by atoms with Gasteiger partial charge in [-0.05, 0) is 44.2 Å². The summed E-state index contributed by atoms with van der Waals surface area (Å²) in [4.78, 5) is 27.1. The quantitative estimate of drug-likeness (QED) is 0.842.